The van der Waals surface area contributed by atoms with Gasteiger partial charge in [0.05, 0.1) is 11.9 Å². The number of aromatic nitrogens is 1. The van der Waals surface area contributed by atoms with Crippen molar-refractivity contribution in [1.82, 2.24) is 4.98 Å². The van der Waals surface area contributed by atoms with Crippen LogP contribution < -0.4 is 5.32 Å². The van der Waals surface area contributed by atoms with Gasteiger partial charge in [-0.3, -0.25) is 4.98 Å². The van der Waals surface area contributed by atoms with Crippen molar-refractivity contribution in [3.63, 3.8) is 0 Å². The first-order valence-electron chi connectivity index (χ1n) is 5.26. The normalized spacial score (nSPS) is 10.3. The van der Waals surface area contributed by atoms with Crippen molar-refractivity contribution in [3.05, 3.63) is 57.8 Å². The number of pyridine rings is 1. The largest absolute Gasteiger partial charge is 0.380 e. The van der Waals surface area contributed by atoms with E-state index < -0.39 is 0 Å². The van der Waals surface area contributed by atoms with E-state index in [-0.39, 0.29) is 0 Å². The smallest absolute Gasteiger partial charge is 0.0529 e. The zero-order valence-electron chi connectivity index (χ0n) is 9.37. The zero-order valence-corrected chi connectivity index (χ0v) is 10.9. The summed E-state index contributed by atoms with van der Waals surface area (Å²) in [4.78, 5) is 4.21. The van der Waals surface area contributed by atoms with Crippen LogP contribution in [0.25, 0.3) is 0 Å². The molecule has 2 aromatic rings. The minimum Gasteiger partial charge on any atom is -0.380 e. The summed E-state index contributed by atoms with van der Waals surface area (Å²) >= 11 is 12.2. The highest BCUT2D eigenvalue weighted by atomic mass is 35.5. The van der Waals surface area contributed by atoms with E-state index in [9.17, 15) is 0 Å². The van der Waals surface area contributed by atoms with Gasteiger partial charge in [-0.1, -0.05) is 29.3 Å². The molecule has 0 radical (unpaired) electrons. The molecular formula is C13H12Cl2N2. The molecule has 1 aromatic carbocycles. The highest BCUT2D eigenvalue weighted by Crippen LogP contribution is 2.25. The van der Waals surface area contributed by atoms with E-state index in [0.717, 1.165) is 16.9 Å². The Kier molecular flexibility index (Phi) is 3.87. The Balaban J connectivity index is 2.10. The number of rotatable bonds is 3. The lowest BCUT2D eigenvalue weighted by Gasteiger charge is -2.09. The van der Waals surface area contributed by atoms with Crippen LogP contribution in [0.1, 0.15) is 11.3 Å². The summed E-state index contributed by atoms with van der Waals surface area (Å²) in [6.45, 7) is 2.54. The topological polar surface area (TPSA) is 24.9 Å². The van der Waals surface area contributed by atoms with Crippen LogP contribution in [0.4, 0.5) is 5.69 Å². The Morgan fingerprint density at radius 1 is 1.12 bits per heavy atom. The van der Waals surface area contributed by atoms with Gasteiger partial charge in [0.25, 0.3) is 0 Å². The first-order chi connectivity index (χ1) is 8.16. The van der Waals surface area contributed by atoms with Gasteiger partial charge in [-0.05, 0) is 31.2 Å². The molecule has 0 aliphatic heterocycles. The second-order valence-corrected chi connectivity index (χ2v) is 4.56. The predicted molar refractivity (Wildman–Crippen MR) is 72.8 cm³/mol. The van der Waals surface area contributed by atoms with Gasteiger partial charge in [-0.25, -0.2) is 0 Å². The van der Waals surface area contributed by atoms with E-state index in [1.807, 2.05) is 37.3 Å². The third-order valence-electron chi connectivity index (χ3n) is 2.44. The van der Waals surface area contributed by atoms with Crippen LogP contribution in [0.5, 0.6) is 0 Å². The van der Waals surface area contributed by atoms with Crippen LogP contribution in [0.15, 0.2) is 36.5 Å². The fourth-order valence-corrected chi connectivity index (χ4v) is 2.00. The molecule has 0 atom stereocenters. The number of hydrogen-bond acceptors (Lipinski definition) is 2. The minimum absolute atomic E-state index is 0.587. The molecule has 17 heavy (non-hydrogen) atoms. The van der Waals surface area contributed by atoms with E-state index in [2.05, 4.69) is 10.3 Å². The van der Waals surface area contributed by atoms with Gasteiger partial charge < -0.3 is 5.32 Å². The van der Waals surface area contributed by atoms with Crippen molar-refractivity contribution in [3.8, 4) is 0 Å². The number of nitrogens with one attached hydrogen (secondary N) is 1. The molecule has 88 valence electrons. The fourth-order valence-electron chi connectivity index (χ4n) is 1.46. The maximum atomic E-state index is 6.08. The Labute approximate surface area is 111 Å². The van der Waals surface area contributed by atoms with Gasteiger partial charge >= 0.3 is 0 Å². The van der Waals surface area contributed by atoms with Crippen molar-refractivity contribution < 1.29 is 0 Å². The number of benzene rings is 1. The summed E-state index contributed by atoms with van der Waals surface area (Å²) in [6.07, 6.45) is 1.79. The maximum absolute atomic E-state index is 6.08. The maximum Gasteiger partial charge on any atom is 0.0529 e. The SMILES string of the molecule is Cc1ccc(NCc2c(Cl)cccc2Cl)cn1. The summed E-state index contributed by atoms with van der Waals surface area (Å²) in [5, 5.41) is 4.58. The molecule has 1 N–H and O–H groups in total. The lowest BCUT2D eigenvalue weighted by molar-refractivity contribution is 1.12. The van der Waals surface area contributed by atoms with Crippen molar-refractivity contribution in [2.45, 2.75) is 13.5 Å². The second-order valence-electron chi connectivity index (χ2n) is 3.74. The predicted octanol–water partition coefficient (Wildman–Crippen LogP) is 4.31. The molecule has 0 unspecified atom stereocenters. The molecule has 0 spiro atoms. The van der Waals surface area contributed by atoms with E-state index >= 15 is 0 Å². The van der Waals surface area contributed by atoms with Crippen LogP contribution in [0.2, 0.25) is 10.0 Å². The summed E-state index contributed by atoms with van der Waals surface area (Å²) in [5.74, 6) is 0. The Morgan fingerprint density at radius 2 is 1.82 bits per heavy atom. The Bertz CT molecular complexity index is 489. The van der Waals surface area contributed by atoms with Crippen LogP contribution >= 0.6 is 23.2 Å². The molecule has 0 aliphatic rings. The third-order valence-corrected chi connectivity index (χ3v) is 3.15. The number of nitrogens with zero attached hydrogens (tertiary/aromatic N) is 1. The number of anilines is 1. The second kappa shape index (κ2) is 5.39. The van der Waals surface area contributed by atoms with Crippen molar-refractivity contribution in [1.29, 1.82) is 0 Å². The molecule has 1 aromatic heterocycles. The van der Waals surface area contributed by atoms with Gasteiger partial charge in [-0.15, -0.1) is 0 Å². The lowest BCUT2D eigenvalue weighted by Crippen LogP contribution is -2.01. The van der Waals surface area contributed by atoms with Crippen molar-refractivity contribution >= 4 is 28.9 Å². The monoisotopic (exact) mass is 266 g/mol. The molecule has 0 saturated carbocycles. The van der Waals surface area contributed by atoms with Gasteiger partial charge in [0.15, 0.2) is 0 Å². The fraction of sp³-hybridized carbons (Fsp3) is 0.154. The van der Waals surface area contributed by atoms with Crippen LogP contribution in [0.3, 0.4) is 0 Å². The standard InChI is InChI=1S/C13H12Cl2N2/c1-9-5-6-10(7-16-9)17-8-11-12(14)3-2-4-13(11)15/h2-7,17H,8H2,1H3. The van der Waals surface area contributed by atoms with E-state index in [1.54, 1.807) is 6.20 Å². The average molecular weight is 267 g/mol. The minimum atomic E-state index is 0.587. The van der Waals surface area contributed by atoms with E-state index in [1.165, 1.54) is 0 Å². The Hall–Kier alpha value is -1.25. The number of halogens is 2. The average Bonchev–Trinajstić information content (AvgIpc) is 2.31. The van der Waals surface area contributed by atoms with Crippen molar-refractivity contribution in [2.24, 2.45) is 0 Å². The van der Waals surface area contributed by atoms with Crippen LogP contribution in [-0.4, -0.2) is 4.98 Å². The van der Waals surface area contributed by atoms with Crippen molar-refractivity contribution in [2.75, 3.05) is 5.32 Å². The molecule has 4 heteroatoms. The highest BCUT2D eigenvalue weighted by Gasteiger charge is 2.04. The van der Waals surface area contributed by atoms with Crippen LogP contribution in [0, 0.1) is 6.92 Å². The summed E-state index contributed by atoms with van der Waals surface area (Å²) in [5.41, 5.74) is 2.84. The van der Waals surface area contributed by atoms with Gasteiger partial charge in [-0.2, -0.15) is 0 Å². The van der Waals surface area contributed by atoms with Gasteiger partial charge in [0, 0.05) is 27.8 Å². The molecule has 0 saturated heterocycles. The number of aryl methyl sites for hydroxylation is 1. The summed E-state index contributed by atoms with van der Waals surface area (Å²) in [7, 11) is 0. The highest BCUT2D eigenvalue weighted by molar-refractivity contribution is 6.36. The zero-order chi connectivity index (χ0) is 12.3. The molecular weight excluding hydrogens is 255 g/mol. The molecule has 0 fully saturated rings. The quantitative estimate of drug-likeness (QED) is 0.896. The Morgan fingerprint density at radius 3 is 2.41 bits per heavy atom. The van der Waals surface area contributed by atoms with E-state index in [0.29, 0.717) is 16.6 Å². The molecule has 0 bridgehead atoms. The summed E-state index contributed by atoms with van der Waals surface area (Å²) in [6, 6.07) is 9.43. The molecule has 1 heterocycles. The first kappa shape index (κ1) is 12.2. The first-order valence-corrected chi connectivity index (χ1v) is 6.02. The molecule has 2 rings (SSSR count). The molecule has 2 nitrogen and oxygen atoms in total. The van der Waals surface area contributed by atoms with E-state index in [4.69, 9.17) is 23.2 Å². The molecule has 0 amide bonds. The van der Waals surface area contributed by atoms with Gasteiger partial charge in [0.2, 0.25) is 0 Å². The molecule has 0 aliphatic carbocycles. The third kappa shape index (κ3) is 3.11. The lowest BCUT2D eigenvalue weighted by atomic mass is 10.2. The summed E-state index contributed by atoms with van der Waals surface area (Å²) < 4.78 is 0. The number of hydrogen-bond donors (Lipinski definition) is 1. The van der Waals surface area contributed by atoms with Gasteiger partial charge in [0.1, 0.15) is 0 Å². The van der Waals surface area contributed by atoms with Crippen LogP contribution in [-0.2, 0) is 6.54 Å².